The number of nitrogens with one attached hydrogen (secondary N) is 1. The topological polar surface area (TPSA) is 64.0 Å². The molecule has 0 unspecified atom stereocenters. The molecule has 0 bridgehead atoms. The molecule has 27 heavy (non-hydrogen) atoms. The zero-order chi connectivity index (χ0) is 19.1. The third kappa shape index (κ3) is 3.39. The summed E-state index contributed by atoms with van der Waals surface area (Å²) in [5.74, 6) is -0.583. The van der Waals surface area contributed by atoms with Gasteiger partial charge >= 0.3 is 0 Å². The van der Waals surface area contributed by atoms with Crippen molar-refractivity contribution < 1.29 is 9.18 Å². The summed E-state index contributed by atoms with van der Waals surface area (Å²) in [7, 11) is 1.70. The number of aromatic nitrogens is 2. The first-order valence-electron chi connectivity index (χ1n) is 8.68. The number of carbonyl (C=O) groups is 1. The molecule has 1 atom stereocenters. The first-order valence-corrected chi connectivity index (χ1v) is 10.4. The number of thiophene rings is 1. The standard InChI is InChI=1S/C19H18FN3O2S2/c1-10(16(24)21-12-8-6-11(20)7-9-12)26-19-22-17-15(18(25)23(19)2)13-4-3-5-14(13)27-17/h6-10H,3-5H2,1-2H3,(H,21,24)/t10-/m0/s1. The van der Waals surface area contributed by atoms with Gasteiger partial charge in [0.1, 0.15) is 10.6 Å². The molecule has 140 valence electrons. The number of fused-ring (bicyclic) bond motifs is 3. The third-order valence-corrected chi connectivity index (χ3v) is 7.00. The molecule has 8 heteroatoms. The average Bonchev–Trinajstić information content (AvgIpc) is 3.22. The van der Waals surface area contributed by atoms with E-state index in [1.807, 2.05) is 0 Å². The van der Waals surface area contributed by atoms with Crippen LogP contribution >= 0.6 is 23.1 Å². The fraction of sp³-hybridized carbons (Fsp3) is 0.316. The highest BCUT2D eigenvalue weighted by molar-refractivity contribution is 8.00. The smallest absolute Gasteiger partial charge is 0.262 e. The largest absolute Gasteiger partial charge is 0.325 e. The second kappa shape index (κ2) is 7.09. The lowest BCUT2D eigenvalue weighted by atomic mass is 10.2. The van der Waals surface area contributed by atoms with Gasteiger partial charge in [-0.15, -0.1) is 11.3 Å². The molecule has 0 aliphatic heterocycles. The second-order valence-corrected chi connectivity index (χ2v) is 8.94. The van der Waals surface area contributed by atoms with E-state index in [9.17, 15) is 14.0 Å². The number of anilines is 1. The predicted octanol–water partition coefficient (Wildman–Crippen LogP) is 3.74. The van der Waals surface area contributed by atoms with Crippen molar-refractivity contribution >= 4 is 44.9 Å². The van der Waals surface area contributed by atoms with Crippen molar-refractivity contribution in [2.75, 3.05) is 5.32 Å². The molecule has 0 saturated carbocycles. The summed E-state index contributed by atoms with van der Waals surface area (Å²) in [6, 6.07) is 5.61. The van der Waals surface area contributed by atoms with Gasteiger partial charge in [-0.25, -0.2) is 9.37 Å². The Morgan fingerprint density at radius 2 is 2.07 bits per heavy atom. The number of halogens is 1. The van der Waals surface area contributed by atoms with Crippen LogP contribution in [0.15, 0.2) is 34.2 Å². The minimum Gasteiger partial charge on any atom is -0.325 e. The van der Waals surface area contributed by atoms with Crippen LogP contribution in [0.25, 0.3) is 10.2 Å². The lowest BCUT2D eigenvalue weighted by Crippen LogP contribution is -2.25. The van der Waals surface area contributed by atoms with Crippen molar-refractivity contribution in [2.24, 2.45) is 7.05 Å². The monoisotopic (exact) mass is 403 g/mol. The molecule has 2 heterocycles. The van der Waals surface area contributed by atoms with Crippen LogP contribution in [0.3, 0.4) is 0 Å². The quantitative estimate of drug-likeness (QED) is 0.532. The highest BCUT2D eigenvalue weighted by Crippen LogP contribution is 2.35. The van der Waals surface area contributed by atoms with Gasteiger partial charge in [-0.2, -0.15) is 0 Å². The minimum atomic E-state index is -0.461. The van der Waals surface area contributed by atoms with Gasteiger partial charge in [-0.05, 0) is 56.0 Å². The van der Waals surface area contributed by atoms with E-state index >= 15 is 0 Å². The van der Waals surface area contributed by atoms with Crippen LogP contribution in [-0.4, -0.2) is 20.7 Å². The molecule has 5 nitrogen and oxygen atoms in total. The molecular formula is C19H18FN3O2S2. The third-order valence-electron chi connectivity index (χ3n) is 4.67. The number of benzene rings is 1. The number of thioether (sulfide) groups is 1. The number of aryl methyl sites for hydroxylation is 2. The Hall–Kier alpha value is -2.19. The van der Waals surface area contributed by atoms with Crippen molar-refractivity contribution in [3.63, 3.8) is 0 Å². The van der Waals surface area contributed by atoms with Gasteiger partial charge in [-0.1, -0.05) is 11.8 Å². The number of amides is 1. The van der Waals surface area contributed by atoms with Crippen LogP contribution < -0.4 is 10.9 Å². The molecule has 0 spiro atoms. The van der Waals surface area contributed by atoms with Crippen molar-refractivity contribution in [2.45, 2.75) is 36.6 Å². The Balaban J connectivity index is 1.57. The summed E-state index contributed by atoms with van der Waals surface area (Å²) in [4.78, 5) is 31.9. The van der Waals surface area contributed by atoms with Gasteiger partial charge in [0, 0.05) is 17.6 Å². The van der Waals surface area contributed by atoms with E-state index in [2.05, 4.69) is 10.3 Å². The van der Waals surface area contributed by atoms with Gasteiger partial charge in [0.05, 0.1) is 10.6 Å². The van der Waals surface area contributed by atoms with E-state index in [1.165, 1.54) is 45.5 Å². The lowest BCUT2D eigenvalue weighted by molar-refractivity contribution is -0.115. The number of rotatable bonds is 4. The molecule has 1 aliphatic rings. The Morgan fingerprint density at radius 3 is 2.81 bits per heavy atom. The summed E-state index contributed by atoms with van der Waals surface area (Å²) >= 11 is 2.83. The molecule has 0 fully saturated rings. The summed E-state index contributed by atoms with van der Waals surface area (Å²) in [6.07, 6.45) is 3.05. The van der Waals surface area contributed by atoms with Crippen LogP contribution in [0.5, 0.6) is 0 Å². The van der Waals surface area contributed by atoms with E-state index in [4.69, 9.17) is 0 Å². The zero-order valence-corrected chi connectivity index (χ0v) is 16.5. The molecule has 0 radical (unpaired) electrons. The Bertz CT molecular complexity index is 1090. The Labute approximate surface area is 163 Å². The van der Waals surface area contributed by atoms with Gasteiger partial charge in [0.15, 0.2) is 5.16 Å². The van der Waals surface area contributed by atoms with Crippen LogP contribution in [0, 0.1) is 5.82 Å². The van der Waals surface area contributed by atoms with E-state index < -0.39 is 5.25 Å². The van der Waals surface area contributed by atoms with Crippen LogP contribution in [-0.2, 0) is 24.7 Å². The maximum Gasteiger partial charge on any atom is 0.262 e. The Morgan fingerprint density at radius 1 is 1.33 bits per heavy atom. The average molecular weight is 404 g/mol. The number of carbonyl (C=O) groups excluding carboxylic acids is 1. The molecule has 1 N–H and O–H groups in total. The number of hydrogen-bond donors (Lipinski definition) is 1. The summed E-state index contributed by atoms with van der Waals surface area (Å²) in [5.41, 5.74) is 1.63. The highest BCUT2D eigenvalue weighted by Gasteiger charge is 2.24. The predicted molar refractivity (Wildman–Crippen MR) is 107 cm³/mol. The lowest BCUT2D eigenvalue weighted by Gasteiger charge is -2.13. The van der Waals surface area contributed by atoms with Gasteiger partial charge < -0.3 is 5.32 Å². The van der Waals surface area contributed by atoms with Crippen LogP contribution in [0.2, 0.25) is 0 Å². The summed E-state index contributed by atoms with van der Waals surface area (Å²) in [5, 5.41) is 3.55. The molecule has 0 saturated heterocycles. The second-order valence-electron chi connectivity index (χ2n) is 6.55. The zero-order valence-electron chi connectivity index (χ0n) is 14.9. The summed E-state index contributed by atoms with van der Waals surface area (Å²) in [6.45, 7) is 1.76. The summed E-state index contributed by atoms with van der Waals surface area (Å²) < 4.78 is 14.5. The van der Waals surface area contributed by atoms with Crippen LogP contribution in [0.1, 0.15) is 23.8 Å². The van der Waals surface area contributed by atoms with E-state index in [0.29, 0.717) is 10.8 Å². The number of nitrogens with zero attached hydrogens (tertiary/aromatic N) is 2. The molecule has 2 aromatic heterocycles. The SMILES string of the molecule is C[C@H](Sc1nc2sc3c(c2c(=O)n1C)CCC3)C(=O)Nc1ccc(F)cc1. The highest BCUT2D eigenvalue weighted by atomic mass is 32.2. The van der Waals surface area contributed by atoms with Gasteiger partial charge in [0.25, 0.3) is 5.56 Å². The van der Waals surface area contributed by atoms with Crippen molar-refractivity contribution in [3.05, 3.63) is 50.9 Å². The normalized spacial score (nSPS) is 14.3. The van der Waals surface area contributed by atoms with Crippen molar-refractivity contribution in [3.8, 4) is 0 Å². The maximum absolute atomic E-state index is 13.0. The first-order chi connectivity index (χ1) is 12.9. The van der Waals surface area contributed by atoms with Gasteiger partial charge in [0.2, 0.25) is 5.91 Å². The van der Waals surface area contributed by atoms with E-state index in [0.717, 1.165) is 35.0 Å². The molecule has 1 aromatic carbocycles. The molecule has 4 rings (SSSR count). The maximum atomic E-state index is 13.0. The fourth-order valence-corrected chi connectivity index (χ4v) is 5.38. The van der Waals surface area contributed by atoms with Crippen LogP contribution in [0.4, 0.5) is 10.1 Å². The fourth-order valence-electron chi connectivity index (χ4n) is 3.20. The Kier molecular flexibility index (Phi) is 4.77. The first kappa shape index (κ1) is 18.2. The molecule has 3 aromatic rings. The van der Waals surface area contributed by atoms with Crippen molar-refractivity contribution in [1.29, 1.82) is 0 Å². The van der Waals surface area contributed by atoms with Gasteiger partial charge in [-0.3, -0.25) is 14.2 Å². The van der Waals surface area contributed by atoms with Crippen molar-refractivity contribution in [1.82, 2.24) is 9.55 Å². The molecule has 1 aliphatic carbocycles. The number of hydrogen-bond acceptors (Lipinski definition) is 5. The van der Waals surface area contributed by atoms with E-state index in [1.54, 1.807) is 25.3 Å². The molecular weight excluding hydrogens is 385 g/mol. The molecule has 1 amide bonds. The minimum absolute atomic E-state index is 0.0481. The van der Waals surface area contributed by atoms with E-state index in [-0.39, 0.29) is 17.3 Å².